The molecule has 0 bridgehead atoms. The van der Waals surface area contributed by atoms with Crippen LogP contribution in [0.3, 0.4) is 0 Å². The summed E-state index contributed by atoms with van der Waals surface area (Å²) in [5, 5.41) is 11.8. The lowest BCUT2D eigenvalue weighted by Crippen LogP contribution is -2.18. The Labute approximate surface area is 124 Å². The summed E-state index contributed by atoms with van der Waals surface area (Å²) in [6.45, 7) is 2.60. The third-order valence-electron chi connectivity index (χ3n) is 2.86. The lowest BCUT2D eigenvalue weighted by Gasteiger charge is -2.10. The van der Waals surface area contributed by atoms with Gasteiger partial charge in [0.05, 0.1) is 11.3 Å². The van der Waals surface area contributed by atoms with Gasteiger partial charge in [0.1, 0.15) is 5.69 Å². The van der Waals surface area contributed by atoms with E-state index < -0.39 is 5.97 Å². The van der Waals surface area contributed by atoms with E-state index >= 15 is 0 Å². The number of amides is 1. The van der Waals surface area contributed by atoms with Crippen LogP contribution in [0.25, 0.3) is 0 Å². The van der Waals surface area contributed by atoms with E-state index in [1.54, 1.807) is 35.0 Å². The Morgan fingerprint density at radius 1 is 1.35 bits per heavy atom. The molecule has 1 heterocycles. The van der Waals surface area contributed by atoms with Crippen molar-refractivity contribution in [3.05, 3.63) is 52.3 Å². The highest BCUT2D eigenvalue weighted by Gasteiger charge is 2.15. The molecule has 2 N–H and O–H groups in total. The number of hydrogen-bond acceptors (Lipinski definition) is 2. The second-order valence-corrected chi connectivity index (χ2v) is 5.04. The molecule has 1 aromatic heterocycles. The highest BCUT2D eigenvalue weighted by molar-refractivity contribution is 9.10. The van der Waals surface area contributed by atoms with Crippen molar-refractivity contribution in [2.75, 3.05) is 5.32 Å². The fourth-order valence-corrected chi connectivity index (χ4v) is 2.25. The van der Waals surface area contributed by atoms with Gasteiger partial charge in [-0.25, -0.2) is 4.79 Å². The maximum Gasteiger partial charge on any atom is 0.337 e. The van der Waals surface area contributed by atoms with E-state index in [9.17, 15) is 9.59 Å². The van der Waals surface area contributed by atoms with Gasteiger partial charge in [0.25, 0.3) is 5.91 Å². The second-order valence-electron chi connectivity index (χ2n) is 4.13. The number of aryl methyl sites for hydroxylation is 1. The SMILES string of the molecule is CCn1cccc1C(=O)Nc1ccc(Br)cc1C(=O)O. The first kappa shape index (κ1) is 14.3. The summed E-state index contributed by atoms with van der Waals surface area (Å²) < 4.78 is 2.43. The molecular formula is C14H13BrN2O3. The summed E-state index contributed by atoms with van der Waals surface area (Å²) in [6, 6.07) is 8.17. The van der Waals surface area contributed by atoms with E-state index in [0.717, 1.165) is 0 Å². The van der Waals surface area contributed by atoms with Crippen molar-refractivity contribution in [3.8, 4) is 0 Å². The molecule has 0 fully saturated rings. The van der Waals surface area contributed by atoms with Crippen molar-refractivity contribution < 1.29 is 14.7 Å². The first-order chi connectivity index (χ1) is 9.52. The van der Waals surface area contributed by atoms with Gasteiger partial charge in [0.2, 0.25) is 0 Å². The molecule has 0 atom stereocenters. The van der Waals surface area contributed by atoms with E-state index in [2.05, 4.69) is 21.2 Å². The number of halogens is 1. The van der Waals surface area contributed by atoms with Gasteiger partial charge in [-0.3, -0.25) is 4.79 Å². The maximum atomic E-state index is 12.2. The number of carboxylic acid groups (broad SMARTS) is 1. The molecule has 5 nitrogen and oxygen atoms in total. The van der Waals surface area contributed by atoms with Crippen LogP contribution in [0.2, 0.25) is 0 Å². The third kappa shape index (κ3) is 2.91. The standard InChI is InChI=1S/C14H13BrN2O3/c1-2-17-7-3-4-12(17)13(18)16-11-6-5-9(15)8-10(11)14(19)20/h3-8H,2H2,1H3,(H,16,18)(H,19,20). The molecule has 1 amide bonds. The van der Waals surface area contributed by atoms with Gasteiger partial charge in [-0.2, -0.15) is 0 Å². The van der Waals surface area contributed by atoms with Crippen LogP contribution in [-0.2, 0) is 6.54 Å². The van der Waals surface area contributed by atoms with Crippen molar-refractivity contribution in [3.63, 3.8) is 0 Å². The molecule has 6 heteroatoms. The van der Waals surface area contributed by atoms with Crippen LogP contribution < -0.4 is 5.32 Å². The quantitative estimate of drug-likeness (QED) is 0.900. The van der Waals surface area contributed by atoms with Crippen molar-refractivity contribution >= 4 is 33.5 Å². The molecule has 0 aliphatic heterocycles. The normalized spacial score (nSPS) is 10.3. The predicted octanol–water partition coefficient (Wildman–Crippen LogP) is 3.22. The number of aromatic nitrogens is 1. The van der Waals surface area contributed by atoms with E-state index in [-0.39, 0.29) is 17.2 Å². The minimum atomic E-state index is -1.09. The van der Waals surface area contributed by atoms with Gasteiger partial charge in [-0.05, 0) is 37.3 Å². The number of anilines is 1. The van der Waals surface area contributed by atoms with E-state index in [1.165, 1.54) is 6.07 Å². The summed E-state index contributed by atoms with van der Waals surface area (Å²) >= 11 is 3.21. The zero-order valence-electron chi connectivity index (χ0n) is 10.8. The van der Waals surface area contributed by atoms with Gasteiger partial charge in [0.15, 0.2) is 0 Å². The van der Waals surface area contributed by atoms with Gasteiger partial charge < -0.3 is 15.0 Å². The number of carbonyl (C=O) groups is 2. The largest absolute Gasteiger partial charge is 0.478 e. The fraction of sp³-hybridized carbons (Fsp3) is 0.143. The third-order valence-corrected chi connectivity index (χ3v) is 3.36. The molecule has 0 unspecified atom stereocenters. The van der Waals surface area contributed by atoms with Crippen LogP contribution in [0, 0.1) is 0 Å². The first-order valence-electron chi connectivity index (χ1n) is 6.02. The monoisotopic (exact) mass is 336 g/mol. The molecule has 1 aromatic carbocycles. The Hall–Kier alpha value is -2.08. The highest BCUT2D eigenvalue weighted by Crippen LogP contribution is 2.22. The maximum absolute atomic E-state index is 12.2. The van der Waals surface area contributed by atoms with Gasteiger partial charge in [-0.1, -0.05) is 15.9 Å². The smallest absolute Gasteiger partial charge is 0.337 e. The fourth-order valence-electron chi connectivity index (χ4n) is 1.88. The van der Waals surface area contributed by atoms with Crippen LogP contribution in [0.1, 0.15) is 27.8 Å². The average molecular weight is 337 g/mol. The molecule has 0 aliphatic carbocycles. The molecular weight excluding hydrogens is 324 g/mol. The topological polar surface area (TPSA) is 71.3 Å². The van der Waals surface area contributed by atoms with Gasteiger partial charge in [0, 0.05) is 17.2 Å². The summed E-state index contributed by atoms with van der Waals surface area (Å²) in [6.07, 6.45) is 1.80. The lowest BCUT2D eigenvalue weighted by molar-refractivity contribution is 0.0698. The van der Waals surface area contributed by atoms with Gasteiger partial charge >= 0.3 is 5.97 Å². The molecule has 0 saturated heterocycles. The molecule has 0 radical (unpaired) electrons. The molecule has 0 spiro atoms. The van der Waals surface area contributed by atoms with E-state index in [1.807, 2.05) is 6.92 Å². The predicted molar refractivity (Wildman–Crippen MR) is 79.2 cm³/mol. The van der Waals surface area contributed by atoms with Crippen molar-refractivity contribution in [2.24, 2.45) is 0 Å². The summed E-state index contributed by atoms with van der Waals surface area (Å²) in [4.78, 5) is 23.4. The van der Waals surface area contributed by atoms with Crippen LogP contribution in [0.15, 0.2) is 41.0 Å². The van der Waals surface area contributed by atoms with Crippen molar-refractivity contribution in [1.29, 1.82) is 0 Å². The van der Waals surface area contributed by atoms with Crippen LogP contribution in [-0.4, -0.2) is 21.6 Å². The highest BCUT2D eigenvalue weighted by atomic mass is 79.9. The number of rotatable bonds is 4. The Balaban J connectivity index is 2.31. The second kappa shape index (κ2) is 5.92. The van der Waals surface area contributed by atoms with Gasteiger partial charge in [-0.15, -0.1) is 0 Å². The Morgan fingerprint density at radius 2 is 2.10 bits per heavy atom. The van der Waals surface area contributed by atoms with Crippen LogP contribution >= 0.6 is 15.9 Å². The summed E-state index contributed by atoms with van der Waals surface area (Å²) in [7, 11) is 0. The Bertz CT molecular complexity index is 664. The van der Waals surface area contributed by atoms with E-state index in [0.29, 0.717) is 16.7 Å². The average Bonchev–Trinajstić information content (AvgIpc) is 2.89. The minimum absolute atomic E-state index is 0.0438. The Morgan fingerprint density at radius 3 is 2.75 bits per heavy atom. The lowest BCUT2D eigenvalue weighted by atomic mass is 10.1. The molecule has 0 saturated carbocycles. The molecule has 2 rings (SSSR count). The zero-order chi connectivity index (χ0) is 14.7. The van der Waals surface area contributed by atoms with Crippen molar-refractivity contribution in [2.45, 2.75) is 13.5 Å². The zero-order valence-corrected chi connectivity index (χ0v) is 12.3. The number of hydrogen-bond donors (Lipinski definition) is 2. The molecule has 104 valence electrons. The number of benzene rings is 1. The van der Waals surface area contributed by atoms with E-state index in [4.69, 9.17) is 5.11 Å². The Kier molecular flexibility index (Phi) is 4.24. The number of nitrogens with one attached hydrogen (secondary N) is 1. The number of carboxylic acids is 1. The molecule has 0 aliphatic rings. The molecule has 2 aromatic rings. The van der Waals surface area contributed by atoms with Crippen LogP contribution in [0.5, 0.6) is 0 Å². The molecule has 20 heavy (non-hydrogen) atoms. The summed E-state index contributed by atoms with van der Waals surface area (Å²) in [5.41, 5.74) is 0.809. The number of nitrogens with zero attached hydrogens (tertiary/aromatic N) is 1. The number of carbonyl (C=O) groups excluding carboxylic acids is 1. The van der Waals surface area contributed by atoms with Crippen LogP contribution in [0.4, 0.5) is 5.69 Å². The first-order valence-corrected chi connectivity index (χ1v) is 6.81. The number of aromatic carboxylic acids is 1. The summed E-state index contributed by atoms with van der Waals surface area (Å²) in [5.74, 6) is -1.42. The minimum Gasteiger partial charge on any atom is -0.478 e. The van der Waals surface area contributed by atoms with Crippen molar-refractivity contribution in [1.82, 2.24) is 4.57 Å².